The number of ether oxygens (including phenoxy) is 1. The number of benzene rings is 2. The molecule has 9 heteroatoms. The summed E-state index contributed by atoms with van der Waals surface area (Å²) in [7, 11) is 0. The average molecular weight is 423 g/mol. The van der Waals surface area contributed by atoms with Gasteiger partial charge in [-0.15, -0.1) is 0 Å². The summed E-state index contributed by atoms with van der Waals surface area (Å²) in [5, 5.41) is 21.6. The molecule has 0 bridgehead atoms. The number of hydrogen-bond acceptors (Lipinski definition) is 6. The molecule has 3 heterocycles. The van der Waals surface area contributed by atoms with Gasteiger partial charge in [0.1, 0.15) is 11.0 Å². The molecule has 1 amide bonds. The topological polar surface area (TPSA) is 120 Å². The highest BCUT2D eigenvalue weighted by Gasteiger charge is 2.40. The maximum absolute atomic E-state index is 13.1. The summed E-state index contributed by atoms with van der Waals surface area (Å²) in [6.07, 6.45) is 0.953. The molecule has 3 N–H and O–H groups in total. The standard InChI is InChI=1S/C20H21N5O2.C2H4O2/c26-19(25-8-9-27-20(13-25)6-7-21-12-20)16-3-1-2-14(10-16)15-4-5-17-18(11-15)23-24-22-17;1-2(3)4/h1-5,10-11,21H,6-9,12-13H2,(H,22,23,24);1H3,(H,3,4). The predicted octanol–water partition coefficient (Wildman–Crippen LogP) is 1.92. The van der Waals surface area contributed by atoms with Crippen LogP contribution in [-0.2, 0) is 9.53 Å². The molecule has 5 rings (SSSR count). The fraction of sp³-hybridized carbons (Fsp3) is 0.364. The maximum Gasteiger partial charge on any atom is 0.300 e. The normalized spacial score (nSPS) is 20.5. The van der Waals surface area contributed by atoms with E-state index in [4.69, 9.17) is 14.6 Å². The minimum atomic E-state index is -0.833. The summed E-state index contributed by atoms with van der Waals surface area (Å²) in [6.45, 7) is 4.72. The van der Waals surface area contributed by atoms with Gasteiger partial charge >= 0.3 is 0 Å². The molecule has 1 aromatic heterocycles. The SMILES string of the molecule is CC(=O)O.O=C(c1cccc(-c2ccc3n[nH]nc3c2)c1)N1CCOC2(CCNC2)C1. The monoisotopic (exact) mass is 423 g/mol. The van der Waals surface area contributed by atoms with E-state index in [0.29, 0.717) is 25.3 Å². The highest BCUT2D eigenvalue weighted by molar-refractivity contribution is 5.96. The minimum absolute atomic E-state index is 0.0638. The van der Waals surface area contributed by atoms with E-state index in [9.17, 15) is 4.79 Å². The molecule has 31 heavy (non-hydrogen) atoms. The van der Waals surface area contributed by atoms with Crippen molar-refractivity contribution >= 4 is 22.9 Å². The van der Waals surface area contributed by atoms with Crippen molar-refractivity contribution in [1.82, 2.24) is 25.6 Å². The summed E-state index contributed by atoms with van der Waals surface area (Å²) < 4.78 is 6.00. The third kappa shape index (κ3) is 4.73. The summed E-state index contributed by atoms with van der Waals surface area (Å²) in [4.78, 5) is 24.0. The summed E-state index contributed by atoms with van der Waals surface area (Å²) in [5.74, 6) is -0.770. The van der Waals surface area contributed by atoms with E-state index in [-0.39, 0.29) is 11.5 Å². The number of amides is 1. The second-order valence-electron chi connectivity index (χ2n) is 7.81. The average Bonchev–Trinajstić information content (AvgIpc) is 3.42. The van der Waals surface area contributed by atoms with E-state index in [1.807, 2.05) is 47.4 Å². The molecule has 2 aliphatic heterocycles. The molecule has 3 aromatic rings. The van der Waals surface area contributed by atoms with Gasteiger partial charge in [-0.3, -0.25) is 9.59 Å². The Labute approximate surface area is 179 Å². The van der Waals surface area contributed by atoms with E-state index in [2.05, 4.69) is 20.7 Å². The lowest BCUT2D eigenvalue weighted by molar-refractivity contribution is -0.134. The van der Waals surface area contributed by atoms with E-state index in [1.165, 1.54) is 0 Å². The van der Waals surface area contributed by atoms with Crippen LogP contribution in [0.25, 0.3) is 22.2 Å². The zero-order chi connectivity index (χ0) is 21.8. The van der Waals surface area contributed by atoms with Gasteiger partial charge in [0.05, 0.1) is 18.8 Å². The number of rotatable bonds is 2. The van der Waals surface area contributed by atoms with Crippen LogP contribution in [0.1, 0.15) is 23.7 Å². The number of carboxylic acid groups (broad SMARTS) is 1. The number of morpholine rings is 1. The van der Waals surface area contributed by atoms with Crippen molar-refractivity contribution in [3.8, 4) is 11.1 Å². The molecule has 0 saturated carbocycles. The molecular weight excluding hydrogens is 398 g/mol. The first-order valence-corrected chi connectivity index (χ1v) is 10.2. The Kier molecular flexibility index (Phi) is 5.97. The molecule has 1 atom stereocenters. The fourth-order valence-corrected chi connectivity index (χ4v) is 4.03. The molecule has 2 aliphatic rings. The lowest BCUT2D eigenvalue weighted by Gasteiger charge is -2.40. The molecule has 0 aliphatic carbocycles. The smallest absolute Gasteiger partial charge is 0.300 e. The Bertz CT molecular complexity index is 1090. The first-order chi connectivity index (χ1) is 15.0. The van der Waals surface area contributed by atoms with Crippen molar-refractivity contribution in [1.29, 1.82) is 0 Å². The third-order valence-corrected chi connectivity index (χ3v) is 5.50. The van der Waals surface area contributed by atoms with Crippen LogP contribution < -0.4 is 5.32 Å². The second kappa shape index (κ2) is 8.83. The number of nitrogens with zero attached hydrogens (tertiary/aromatic N) is 3. The van der Waals surface area contributed by atoms with E-state index >= 15 is 0 Å². The van der Waals surface area contributed by atoms with Crippen LogP contribution in [0.5, 0.6) is 0 Å². The van der Waals surface area contributed by atoms with Crippen molar-refractivity contribution in [2.75, 3.05) is 32.8 Å². The Balaban J connectivity index is 0.000000535. The van der Waals surface area contributed by atoms with Crippen LogP contribution in [0, 0.1) is 0 Å². The predicted molar refractivity (Wildman–Crippen MR) is 115 cm³/mol. The van der Waals surface area contributed by atoms with Gasteiger partial charge in [0, 0.05) is 25.6 Å². The van der Waals surface area contributed by atoms with Crippen molar-refractivity contribution in [3.05, 3.63) is 48.0 Å². The molecule has 2 aromatic carbocycles. The van der Waals surface area contributed by atoms with Crippen LogP contribution in [0.4, 0.5) is 0 Å². The number of carbonyl (C=O) groups excluding carboxylic acids is 1. The Morgan fingerprint density at radius 3 is 2.68 bits per heavy atom. The summed E-state index contributed by atoms with van der Waals surface area (Å²) in [6, 6.07) is 13.7. The lowest BCUT2D eigenvalue weighted by Crippen LogP contribution is -2.54. The number of aromatic nitrogens is 3. The number of aromatic amines is 1. The fourth-order valence-electron chi connectivity index (χ4n) is 4.03. The quantitative estimate of drug-likeness (QED) is 0.576. The van der Waals surface area contributed by atoms with Crippen LogP contribution in [0.15, 0.2) is 42.5 Å². The molecule has 9 nitrogen and oxygen atoms in total. The molecule has 1 unspecified atom stereocenters. The van der Waals surface area contributed by atoms with Gasteiger partial charge in [0.25, 0.3) is 11.9 Å². The number of hydrogen-bond donors (Lipinski definition) is 3. The van der Waals surface area contributed by atoms with Gasteiger partial charge in [-0.2, -0.15) is 15.4 Å². The van der Waals surface area contributed by atoms with E-state index in [1.54, 1.807) is 0 Å². The zero-order valence-corrected chi connectivity index (χ0v) is 17.3. The molecule has 2 fully saturated rings. The van der Waals surface area contributed by atoms with Gasteiger partial charge in [-0.25, -0.2) is 0 Å². The highest BCUT2D eigenvalue weighted by Crippen LogP contribution is 2.27. The van der Waals surface area contributed by atoms with Crippen molar-refractivity contribution in [2.45, 2.75) is 18.9 Å². The molecule has 2 saturated heterocycles. The molecular formula is C22H25N5O4. The Morgan fingerprint density at radius 2 is 1.90 bits per heavy atom. The van der Waals surface area contributed by atoms with E-state index in [0.717, 1.165) is 48.6 Å². The first kappa shape index (κ1) is 21.0. The molecule has 1 spiro atoms. The van der Waals surface area contributed by atoms with E-state index < -0.39 is 5.97 Å². The Hall–Kier alpha value is -3.30. The summed E-state index contributed by atoms with van der Waals surface area (Å²) in [5.41, 5.74) is 4.14. The van der Waals surface area contributed by atoms with Crippen molar-refractivity contribution in [2.24, 2.45) is 0 Å². The Morgan fingerprint density at radius 1 is 1.13 bits per heavy atom. The van der Waals surface area contributed by atoms with Crippen LogP contribution >= 0.6 is 0 Å². The van der Waals surface area contributed by atoms with Gasteiger partial charge < -0.3 is 20.1 Å². The van der Waals surface area contributed by atoms with Gasteiger partial charge in [0.2, 0.25) is 0 Å². The number of nitrogens with one attached hydrogen (secondary N) is 2. The molecule has 162 valence electrons. The number of fused-ring (bicyclic) bond motifs is 1. The van der Waals surface area contributed by atoms with Crippen LogP contribution in [0.2, 0.25) is 0 Å². The van der Waals surface area contributed by atoms with Gasteiger partial charge in [0.15, 0.2) is 0 Å². The van der Waals surface area contributed by atoms with Crippen molar-refractivity contribution in [3.63, 3.8) is 0 Å². The minimum Gasteiger partial charge on any atom is -0.481 e. The summed E-state index contributed by atoms with van der Waals surface area (Å²) >= 11 is 0. The number of carboxylic acids is 1. The molecule has 0 radical (unpaired) electrons. The first-order valence-electron chi connectivity index (χ1n) is 10.2. The second-order valence-corrected chi connectivity index (χ2v) is 7.81. The number of carbonyl (C=O) groups is 2. The van der Waals surface area contributed by atoms with Gasteiger partial charge in [-0.05, 0) is 48.4 Å². The highest BCUT2D eigenvalue weighted by atomic mass is 16.5. The van der Waals surface area contributed by atoms with Crippen molar-refractivity contribution < 1.29 is 19.4 Å². The van der Waals surface area contributed by atoms with Crippen LogP contribution in [-0.4, -0.2) is 75.7 Å². The van der Waals surface area contributed by atoms with Gasteiger partial charge in [-0.1, -0.05) is 18.2 Å². The third-order valence-electron chi connectivity index (χ3n) is 5.50. The van der Waals surface area contributed by atoms with Crippen LogP contribution in [0.3, 0.4) is 0 Å². The number of aliphatic carboxylic acids is 1. The largest absolute Gasteiger partial charge is 0.481 e. The number of H-pyrrole nitrogens is 1. The lowest BCUT2D eigenvalue weighted by atomic mass is 9.99. The maximum atomic E-state index is 13.1. The zero-order valence-electron chi connectivity index (χ0n) is 17.3.